The van der Waals surface area contributed by atoms with Crippen molar-refractivity contribution < 1.29 is 0 Å². The summed E-state index contributed by atoms with van der Waals surface area (Å²) in [6.45, 7) is 3.24. The molecular weight excluding hydrogens is 426 g/mol. The van der Waals surface area contributed by atoms with E-state index in [1.54, 1.807) is 12.4 Å². The highest BCUT2D eigenvalue weighted by molar-refractivity contribution is 5.79. The number of H-pyrrole nitrogens is 1. The lowest BCUT2D eigenvalue weighted by Crippen LogP contribution is -2.26. The van der Waals surface area contributed by atoms with Crippen molar-refractivity contribution in [3.8, 4) is 22.5 Å². The van der Waals surface area contributed by atoms with Crippen molar-refractivity contribution in [1.29, 1.82) is 0 Å². The standard InChI is InChI=1S/C26H25N7O/c1-2-6-22-18-32(16-19-7-4-3-5-8-19)26(34)33(22)17-20-9-11-21(12-10-20)23-13-14-27-15-24(23)25-28-30-31-29-25/h3-5,7-15,18H,2,6,16-17H2,1H3,(H,28,29,30,31). The van der Waals surface area contributed by atoms with Crippen molar-refractivity contribution in [3.05, 3.63) is 107 Å². The zero-order chi connectivity index (χ0) is 23.3. The summed E-state index contributed by atoms with van der Waals surface area (Å²) in [7, 11) is 0. The maximum absolute atomic E-state index is 13.2. The van der Waals surface area contributed by atoms with Crippen LogP contribution >= 0.6 is 0 Å². The van der Waals surface area contributed by atoms with Crippen molar-refractivity contribution in [2.45, 2.75) is 32.9 Å². The Morgan fingerprint density at radius 1 is 0.912 bits per heavy atom. The predicted octanol–water partition coefficient (Wildman–Crippen LogP) is 3.94. The van der Waals surface area contributed by atoms with Gasteiger partial charge in [-0.15, -0.1) is 10.2 Å². The van der Waals surface area contributed by atoms with Gasteiger partial charge in [-0.05, 0) is 40.0 Å². The van der Waals surface area contributed by atoms with E-state index in [9.17, 15) is 4.79 Å². The van der Waals surface area contributed by atoms with Crippen LogP contribution in [0.15, 0.2) is 84.0 Å². The van der Waals surface area contributed by atoms with E-state index in [0.29, 0.717) is 18.9 Å². The molecule has 8 nitrogen and oxygen atoms in total. The summed E-state index contributed by atoms with van der Waals surface area (Å²) in [5, 5.41) is 14.3. The molecule has 34 heavy (non-hydrogen) atoms. The Hall–Kier alpha value is -4.33. The molecule has 0 radical (unpaired) electrons. The molecule has 5 aromatic rings. The second kappa shape index (κ2) is 9.66. The van der Waals surface area contributed by atoms with Gasteiger partial charge in [0.2, 0.25) is 5.82 Å². The van der Waals surface area contributed by atoms with Crippen molar-refractivity contribution in [1.82, 2.24) is 34.7 Å². The van der Waals surface area contributed by atoms with E-state index in [1.807, 2.05) is 51.7 Å². The molecular formula is C26H25N7O. The summed E-state index contributed by atoms with van der Waals surface area (Å²) in [5.74, 6) is 0.502. The summed E-state index contributed by atoms with van der Waals surface area (Å²) in [5.41, 5.74) is 6.06. The molecule has 0 saturated carbocycles. The van der Waals surface area contributed by atoms with Crippen LogP contribution in [0.5, 0.6) is 0 Å². The first-order chi connectivity index (χ1) is 16.7. The number of hydrogen-bond acceptors (Lipinski definition) is 5. The molecule has 0 atom stereocenters. The van der Waals surface area contributed by atoms with E-state index in [0.717, 1.165) is 46.4 Å². The minimum Gasteiger partial charge on any atom is -0.295 e. The third-order valence-electron chi connectivity index (χ3n) is 5.84. The Balaban J connectivity index is 1.42. The number of aromatic amines is 1. The lowest BCUT2D eigenvalue weighted by Gasteiger charge is -2.09. The minimum atomic E-state index is 0.0184. The highest BCUT2D eigenvalue weighted by Crippen LogP contribution is 2.29. The molecule has 0 saturated heterocycles. The van der Waals surface area contributed by atoms with Crippen LogP contribution in [0.2, 0.25) is 0 Å². The zero-order valence-corrected chi connectivity index (χ0v) is 18.9. The van der Waals surface area contributed by atoms with Gasteiger partial charge in [-0.3, -0.25) is 14.1 Å². The molecule has 0 aliphatic rings. The van der Waals surface area contributed by atoms with Gasteiger partial charge in [0.05, 0.1) is 13.1 Å². The summed E-state index contributed by atoms with van der Waals surface area (Å²) >= 11 is 0. The highest BCUT2D eigenvalue weighted by Gasteiger charge is 2.14. The fraction of sp³-hybridized carbons (Fsp3) is 0.192. The molecule has 0 fully saturated rings. The van der Waals surface area contributed by atoms with Gasteiger partial charge in [0.25, 0.3) is 0 Å². The number of imidazole rings is 1. The number of nitrogens with one attached hydrogen (secondary N) is 1. The topological polar surface area (TPSA) is 94.3 Å². The van der Waals surface area contributed by atoms with Gasteiger partial charge < -0.3 is 0 Å². The van der Waals surface area contributed by atoms with E-state index >= 15 is 0 Å². The predicted molar refractivity (Wildman–Crippen MR) is 130 cm³/mol. The van der Waals surface area contributed by atoms with Crippen LogP contribution in [-0.2, 0) is 19.5 Å². The Morgan fingerprint density at radius 2 is 1.71 bits per heavy atom. The molecule has 3 aromatic heterocycles. The Bertz CT molecular complexity index is 1420. The summed E-state index contributed by atoms with van der Waals surface area (Å²) in [6.07, 6.45) is 7.33. The van der Waals surface area contributed by atoms with Crippen LogP contribution < -0.4 is 5.69 Å². The largest absolute Gasteiger partial charge is 0.328 e. The van der Waals surface area contributed by atoms with Crippen LogP contribution in [0, 0.1) is 0 Å². The molecule has 0 aliphatic heterocycles. The van der Waals surface area contributed by atoms with Crippen molar-refractivity contribution in [2.75, 3.05) is 0 Å². The van der Waals surface area contributed by atoms with Gasteiger partial charge in [0.15, 0.2) is 0 Å². The van der Waals surface area contributed by atoms with Crippen LogP contribution in [0.25, 0.3) is 22.5 Å². The van der Waals surface area contributed by atoms with Crippen molar-refractivity contribution in [2.24, 2.45) is 0 Å². The van der Waals surface area contributed by atoms with E-state index in [1.165, 1.54) is 0 Å². The third kappa shape index (κ3) is 4.43. The van der Waals surface area contributed by atoms with Crippen molar-refractivity contribution >= 4 is 0 Å². The first kappa shape index (κ1) is 21.5. The van der Waals surface area contributed by atoms with E-state index in [-0.39, 0.29) is 5.69 Å². The average Bonchev–Trinajstić information content (AvgIpc) is 3.51. The quantitative estimate of drug-likeness (QED) is 0.386. The molecule has 3 heterocycles. The number of benzene rings is 2. The fourth-order valence-corrected chi connectivity index (χ4v) is 4.17. The second-order valence-corrected chi connectivity index (χ2v) is 8.21. The average molecular weight is 452 g/mol. The second-order valence-electron chi connectivity index (χ2n) is 8.21. The summed E-state index contributed by atoms with van der Waals surface area (Å²) in [6, 6.07) is 20.2. The number of hydrogen-bond donors (Lipinski definition) is 1. The zero-order valence-electron chi connectivity index (χ0n) is 18.9. The smallest absolute Gasteiger partial charge is 0.295 e. The normalized spacial score (nSPS) is 11.1. The van der Waals surface area contributed by atoms with Crippen LogP contribution in [0.4, 0.5) is 0 Å². The van der Waals surface area contributed by atoms with E-state index in [2.05, 4.69) is 56.8 Å². The van der Waals surface area contributed by atoms with E-state index in [4.69, 9.17) is 0 Å². The van der Waals surface area contributed by atoms with Gasteiger partial charge in [-0.2, -0.15) is 5.21 Å². The number of pyridine rings is 1. The SMILES string of the molecule is CCCc1cn(Cc2ccccc2)c(=O)n1Cc1ccc(-c2ccncc2-c2nn[nH]n2)cc1. The Labute approximate surface area is 196 Å². The molecule has 2 aromatic carbocycles. The van der Waals surface area contributed by atoms with Gasteiger partial charge in [-0.25, -0.2) is 4.79 Å². The van der Waals surface area contributed by atoms with Crippen LogP contribution in [-0.4, -0.2) is 34.7 Å². The number of aryl methyl sites for hydroxylation is 1. The van der Waals surface area contributed by atoms with Crippen LogP contribution in [0.1, 0.15) is 30.2 Å². The molecule has 0 bridgehead atoms. The maximum Gasteiger partial charge on any atom is 0.328 e. The Morgan fingerprint density at radius 3 is 2.44 bits per heavy atom. The van der Waals surface area contributed by atoms with Gasteiger partial charge in [-0.1, -0.05) is 67.9 Å². The molecule has 5 rings (SSSR count). The molecule has 0 amide bonds. The third-order valence-corrected chi connectivity index (χ3v) is 5.84. The molecule has 170 valence electrons. The minimum absolute atomic E-state index is 0.0184. The first-order valence-electron chi connectivity index (χ1n) is 11.3. The monoisotopic (exact) mass is 451 g/mol. The fourth-order valence-electron chi connectivity index (χ4n) is 4.17. The summed E-state index contributed by atoms with van der Waals surface area (Å²) < 4.78 is 3.70. The molecule has 0 unspecified atom stereocenters. The Kier molecular flexibility index (Phi) is 6.11. The molecule has 0 aliphatic carbocycles. The molecule has 0 spiro atoms. The number of nitrogens with zero attached hydrogens (tertiary/aromatic N) is 6. The highest BCUT2D eigenvalue weighted by atomic mass is 16.1. The number of tetrazole rings is 1. The lowest BCUT2D eigenvalue weighted by molar-refractivity contribution is 0.664. The van der Waals surface area contributed by atoms with Gasteiger partial charge in [0.1, 0.15) is 0 Å². The lowest BCUT2D eigenvalue weighted by atomic mass is 10.00. The molecule has 8 heteroatoms. The van der Waals surface area contributed by atoms with Gasteiger partial charge in [0, 0.05) is 29.8 Å². The summed E-state index contributed by atoms with van der Waals surface area (Å²) in [4.78, 5) is 17.4. The van der Waals surface area contributed by atoms with Crippen LogP contribution in [0.3, 0.4) is 0 Å². The van der Waals surface area contributed by atoms with Gasteiger partial charge >= 0.3 is 5.69 Å². The van der Waals surface area contributed by atoms with Crippen molar-refractivity contribution in [3.63, 3.8) is 0 Å². The molecule has 1 N–H and O–H groups in total. The first-order valence-corrected chi connectivity index (χ1v) is 11.3. The maximum atomic E-state index is 13.2. The number of rotatable bonds is 8. The van der Waals surface area contributed by atoms with E-state index < -0.39 is 0 Å². The number of aromatic nitrogens is 7.